The molecule has 0 heterocycles. The summed E-state index contributed by atoms with van der Waals surface area (Å²) in [6.45, 7) is 11.6. The van der Waals surface area contributed by atoms with Crippen LogP contribution >= 0.6 is 0 Å². The van der Waals surface area contributed by atoms with Gasteiger partial charge in [0.15, 0.2) is 0 Å². The Labute approximate surface area is 105 Å². The summed E-state index contributed by atoms with van der Waals surface area (Å²) in [6.07, 6.45) is 0. The van der Waals surface area contributed by atoms with E-state index in [9.17, 15) is 5.11 Å². The number of aryl methyl sites for hydroxylation is 2. The molecule has 17 heavy (non-hydrogen) atoms. The highest BCUT2D eigenvalue weighted by molar-refractivity contribution is 5.32. The molecule has 0 fully saturated rings. The van der Waals surface area contributed by atoms with Crippen molar-refractivity contribution >= 4 is 0 Å². The molecule has 0 aliphatic heterocycles. The lowest BCUT2D eigenvalue weighted by molar-refractivity contribution is 0.154. The van der Waals surface area contributed by atoms with Crippen molar-refractivity contribution in [3.63, 3.8) is 0 Å². The zero-order valence-corrected chi connectivity index (χ0v) is 11.7. The molecule has 0 saturated carbocycles. The minimum atomic E-state index is -0.0626. The van der Waals surface area contributed by atoms with Crippen LogP contribution in [0.3, 0.4) is 0 Å². The fraction of sp³-hybridized carbons (Fsp3) is 0.600. The molecule has 1 aromatic rings. The van der Waals surface area contributed by atoms with E-state index < -0.39 is 0 Å². The monoisotopic (exact) mass is 235 g/mol. The molecule has 0 aromatic heterocycles. The van der Waals surface area contributed by atoms with Gasteiger partial charge < -0.3 is 10.4 Å². The van der Waals surface area contributed by atoms with Crippen LogP contribution in [0.4, 0.5) is 0 Å². The van der Waals surface area contributed by atoms with Gasteiger partial charge >= 0.3 is 0 Å². The van der Waals surface area contributed by atoms with Gasteiger partial charge in [-0.15, -0.1) is 0 Å². The molecule has 2 heteroatoms. The number of benzene rings is 1. The van der Waals surface area contributed by atoms with E-state index in [0.717, 1.165) is 6.54 Å². The van der Waals surface area contributed by atoms with Gasteiger partial charge in [0, 0.05) is 24.6 Å². The molecule has 0 aliphatic carbocycles. The van der Waals surface area contributed by atoms with E-state index in [0.29, 0.717) is 6.04 Å². The summed E-state index contributed by atoms with van der Waals surface area (Å²) in [7, 11) is 0. The SMILES string of the molecule is Cc1ccc(C(C)NCC(C)(C)CO)c(C)c1. The van der Waals surface area contributed by atoms with Crippen molar-refractivity contribution < 1.29 is 5.11 Å². The van der Waals surface area contributed by atoms with E-state index in [1.807, 2.05) is 0 Å². The van der Waals surface area contributed by atoms with Crippen molar-refractivity contribution in [2.75, 3.05) is 13.2 Å². The Morgan fingerprint density at radius 3 is 2.47 bits per heavy atom. The molecule has 1 atom stereocenters. The second-order valence-electron chi connectivity index (χ2n) is 5.78. The highest BCUT2D eigenvalue weighted by atomic mass is 16.3. The van der Waals surface area contributed by atoms with Gasteiger partial charge in [0.1, 0.15) is 0 Å². The second-order valence-corrected chi connectivity index (χ2v) is 5.78. The predicted octanol–water partition coefficient (Wildman–Crippen LogP) is 2.97. The van der Waals surface area contributed by atoms with Crippen LogP contribution in [0, 0.1) is 19.3 Å². The van der Waals surface area contributed by atoms with Crippen LogP contribution in [0.25, 0.3) is 0 Å². The summed E-state index contributed by atoms with van der Waals surface area (Å²) in [6, 6.07) is 6.87. The van der Waals surface area contributed by atoms with Crippen LogP contribution in [0.15, 0.2) is 18.2 Å². The summed E-state index contributed by atoms with van der Waals surface area (Å²) in [5, 5.41) is 12.7. The number of hydrogen-bond donors (Lipinski definition) is 2. The Morgan fingerprint density at radius 2 is 1.94 bits per heavy atom. The van der Waals surface area contributed by atoms with Gasteiger partial charge in [-0.1, -0.05) is 37.6 Å². The average Bonchev–Trinajstić information content (AvgIpc) is 2.26. The summed E-state index contributed by atoms with van der Waals surface area (Å²) in [5.41, 5.74) is 3.90. The lowest BCUT2D eigenvalue weighted by Crippen LogP contribution is -2.34. The third kappa shape index (κ3) is 4.14. The number of aliphatic hydroxyl groups excluding tert-OH is 1. The molecule has 2 nitrogen and oxygen atoms in total. The van der Waals surface area contributed by atoms with Gasteiger partial charge in [-0.3, -0.25) is 0 Å². The van der Waals surface area contributed by atoms with Crippen molar-refractivity contribution in [3.05, 3.63) is 34.9 Å². The summed E-state index contributed by atoms with van der Waals surface area (Å²) >= 11 is 0. The summed E-state index contributed by atoms with van der Waals surface area (Å²) < 4.78 is 0. The minimum Gasteiger partial charge on any atom is -0.396 e. The molecule has 96 valence electrons. The van der Waals surface area contributed by atoms with Crippen molar-refractivity contribution in [2.45, 2.75) is 40.7 Å². The van der Waals surface area contributed by atoms with Gasteiger partial charge in [-0.2, -0.15) is 0 Å². The lowest BCUT2D eigenvalue weighted by Gasteiger charge is -2.25. The first kappa shape index (κ1) is 14.2. The molecule has 1 unspecified atom stereocenters. The Balaban J connectivity index is 2.67. The first-order chi connectivity index (χ1) is 7.85. The molecule has 1 rings (SSSR count). The number of nitrogens with one attached hydrogen (secondary N) is 1. The molecule has 0 spiro atoms. The van der Waals surface area contributed by atoms with Crippen molar-refractivity contribution in [1.29, 1.82) is 0 Å². The Hall–Kier alpha value is -0.860. The van der Waals surface area contributed by atoms with Gasteiger partial charge in [-0.25, -0.2) is 0 Å². The topological polar surface area (TPSA) is 32.3 Å². The molecule has 0 radical (unpaired) electrons. The largest absolute Gasteiger partial charge is 0.396 e. The molecule has 0 saturated heterocycles. The third-order valence-electron chi connectivity index (χ3n) is 3.21. The Morgan fingerprint density at radius 1 is 1.29 bits per heavy atom. The van der Waals surface area contributed by atoms with E-state index in [4.69, 9.17) is 0 Å². The van der Waals surface area contributed by atoms with Crippen LogP contribution in [-0.4, -0.2) is 18.3 Å². The smallest absolute Gasteiger partial charge is 0.0494 e. The normalized spacial score (nSPS) is 13.8. The van der Waals surface area contributed by atoms with Crippen LogP contribution in [0.5, 0.6) is 0 Å². The third-order valence-corrected chi connectivity index (χ3v) is 3.21. The van der Waals surface area contributed by atoms with Crippen molar-refractivity contribution in [1.82, 2.24) is 5.32 Å². The zero-order valence-electron chi connectivity index (χ0n) is 11.7. The number of hydrogen-bond acceptors (Lipinski definition) is 2. The second kappa shape index (κ2) is 5.65. The maximum Gasteiger partial charge on any atom is 0.0494 e. The maximum atomic E-state index is 9.23. The van der Waals surface area contributed by atoms with E-state index in [1.165, 1.54) is 16.7 Å². The maximum absolute atomic E-state index is 9.23. The van der Waals surface area contributed by atoms with Crippen LogP contribution in [-0.2, 0) is 0 Å². The van der Waals surface area contributed by atoms with Gasteiger partial charge in [-0.05, 0) is 31.9 Å². The first-order valence-electron chi connectivity index (χ1n) is 6.27. The molecule has 0 aliphatic rings. The summed E-state index contributed by atoms with van der Waals surface area (Å²) in [5.74, 6) is 0. The first-order valence-corrected chi connectivity index (χ1v) is 6.27. The van der Waals surface area contributed by atoms with Crippen LogP contribution in [0.1, 0.15) is 43.5 Å². The highest BCUT2D eigenvalue weighted by Gasteiger charge is 2.18. The molecular weight excluding hydrogens is 210 g/mol. The lowest BCUT2D eigenvalue weighted by atomic mass is 9.93. The predicted molar refractivity (Wildman–Crippen MR) is 73.2 cm³/mol. The van der Waals surface area contributed by atoms with Gasteiger partial charge in [0.25, 0.3) is 0 Å². The highest BCUT2D eigenvalue weighted by Crippen LogP contribution is 2.20. The van der Waals surface area contributed by atoms with Crippen molar-refractivity contribution in [2.24, 2.45) is 5.41 Å². The number of aliphatic hydroxyl groups is 1. The molecule has 2 N–H and O–H groups in total. The molecule has 0 bridgehead atoms. The van der Waals surface area contributed by atoms with E-state index in [1.54, 1.807) is 0 Å². The Bertz CT molecular complexity index is 371. The fourth-order valence-electron chi connectivity index (χ4n) is 1.91. The van der Waals surface area contributed by atoms with E-state index >= 15 is 0 Å². The van der Waals surface area contributed by atoms with Crippen LogP contribution in [0.2, 0.25) is 0 Å². The minimum absolute atomic E-state index is 0.0626. The van der Waals surface area contributed by atoms with E-state index in [-0.39, 0.29) is 12.0 Å². The number of rotatable bonds is 5. The van der Waals surface area contributed by atoms with Crippen LogP contribution < -0.4 is 5.32 Å². The fourth-order valence-corrected chi connectivity index (χ4v) is 1.91. The average molecular weight is 235 g/mol. The molecular formula is C15H25NO. The molecule has 1 aromatic carbocycles. The van der Waals surface area contributed by atoms with Crippen molar-refractivity contribution in [3.8, 4) is 0 Å². The van der Waals surface area contributed by atoms with Gasteiger partial charge in [0.2, 0.25) is 0 Å². The molecule has 0 amide bonds. The summed E-state index contributed by atoms with van der Waals surface area (Å²) in [4.78, 5) is 0. The van der Waals surface area contributed by atoms with Gasteiger partial charge in [0.05, 0.1) is 0 Å². The zero-order chi connectivity index (χ0) is 13.1. The quantitative estimate of drug-likeness (QED) is 0.822. The van der Waals surface area contributed by atoms with E-state index in [2.05, 4.69) is 58.1 Å². The standard InChI is InChI=1S/C15H25NO/c1-11-6-7-14(12(2)8-11)13(3)16-9-15(4,5)10-17/h6-8,13,16-17H,9-10H2,1-5H3. The Kier molecular flexibility index (Phi) is 4.72.